The number of nitrogens with zero attached hydrogens (tertiary/aromatic N) is 1. The fourth-order valence-corrected chi connectivity index (χ4v) is 9.96. The minimum atomic E-state index is -0.438. The lowest BCUT2D eigenvalue weighted by molar-refractivity contribution is 0.670. The zero-order chi connectivity index (χ0) is 36.1. The Bertz CT molecular complexity index is 3110. The molecule has 0 fully saturated rings. The maximum absolute atomic E-state index is 6.99. The fourth-order valence-electron chi connectivity index (χ4n) is 9.96. The molecule has 2 aliphatic rings. The van der Waals surface area contributed by atoms with E-state index in [1.807, 2.05) is 0 Å². The fraction of sp³-hybridized carbons (Fsp3) is 0.0189. The number of anilines is 3. The Balaban J connectivity index is 1.21. The van der Waals surface area contributed by atoms with Gasteiger partial charge in [-0.05, 0) is 91.7 Å². The predicted molar refractivity (Wildman–Crippen MR) is 228 cm³/mol. The summed E-state index contributed by atoms with van der Waals surface area (Å²) in [5.74, 6) is 0. The van der Waals surface area contributed by atoms with Gasteiger partial charge in [0.25, 0.3) is 0 Å². The number of rotatable bonds is 4. The second-order valence-electron chi connectivity index (χ2n) is 14.7. The van der Waals surface area contributed by atoms with Crippen LogP contribution in [0.15, 0.2) is 205 Å². The molecular formula is C53H33NO. The SMILES string of the molecule is c1ccc(-c2cc3ccccc3c3c2oc2cccc(N(c4ccccc4)c4cccc5c4-c4ccccc4C54c5ccccc5-c5ccccc54)c23)cc1. The summed E-state index contributed by atoms with van der Waals surface area (Å²) < 4.78 is 6.99. The zero-order valence-electron chi connectivity index (χ0n) is 29.9. The molecule has 1 heterocycles. The van der Waals surface area contributed by atoms with Gasteiger partial charge in [0, 0.05) is 22.2 Å². The van der Waals surface area contributed by atoms with Gasteiger partial charge in [-0.1, -0.05) is 164 Å². The van der Waals surface area contributed by atoms with E-state index in [0.717, 1.165) is 50.1 Å². The highest BCUT2D eigenvalue weighted by Gasteiger charge is 2.52. The van der Waals surface area contributed by atoms with E-state index in [-0.39, 0.29) is 0 Å². The molecule has 2 aliphatic carbocycles. The van der Waals surface area contributed by atoms with Gasteiger partial charge < -0.3 is 9.32 Å². The molecule has 256 valence electrons. The lowest BCUT2D eigenvalue weighted by Crippen LogP contribution is -2.26. The molecule has 0 unspecified atom stereocenters. The first-order valence-electron chi connectivity index (χ1n) is 19.0. The van der Waals surface area contributed by atoms with E-state index in [1.54, 1.807) is 0 Å². The third-order valence-corrected chi connectivity index (χ3v) is 12.0. The maximum atomic E-state index is 6.99. The molecule has 0 aliphatic heterocycles. The van der Waals surface area contributed by atoms with Crippen LogP contribution in [-0.4, -0.2) is 0 Å². The second kappa shape index (κ2) is 11.4. The molecule has 0 radical (unpaired) electrons. The molecular weight excluding hydrogens is 667 g/mol. The Labute approximate surface area is 319 Å². The van der Waals surface area contributed by atoms with Gasteiger partial charge in [-0.3, -0.25) is 0 Å². The molecule has 1 spiro atoms. The quantitative estimate of drug-likeness (QED) is 0.182. The lowest BCUT2D eigenvalue weighted by Gasteiger charge is -2.32. The molecule has 10 aromatic rings. The molecule has 0 amide bonds. The van der Waals surface area contributed by atoms with Crippen molar-refractivity contribution in [1.82, 2.24) is 0 Å². The third kappa shape index (κ3) is 4.03. The van der Waals surface area contributed by atoms with Crippen molar-refractivity contribution in [3.05, 3.63) is 222 Å². The largest absolute Gasteiger partial charge is 0.455 e. The molecule has 9 aromatic carbocycles. The summed E-state index contributed by atoms with van der Waals surface area (Å²) >= 11 is 0. The number of fused-ring (bicyclic) bond motifs is 15. The van der Waals surface area contributed by atoms with E-state index in [0.29, 0.717) is 0 Å². The van der Waals surface area contributed by atoms with E-state index < -0.39 is 5.41 Å². The minimum Gasteiger partial charge on any atom is -0.455 e. The van der Waals surface area contributed by atoms with E-state index in [1.165, 1.54) is 55.3 Å². The molecule has 0 atom stereocenters. The number of para-hydroxylation sites is 1. The van der Waals surface area contributed by atoms with Crippen LogP contribution >= 0.6 is 0 Å². The van der Waals surface area contributed by atoms with Crippen molar-refractivity contribution in [3.8, 4) is 33.4 Å². The Morgan fingerprint density at radius 1 is 0.400 bits per heavy atom. The summed E-state index contributed by atoms with van der Waals surface area (Å²) in [6.07, 6.45) is 0. The van der Waals surface area contributed by atoms with E-state index in [2.05, 4.69) is 205 Å². The van der Waals surface area contributed by atoms with Gasteiger partial charge in [-0.25, -0.2) is 0 Å². The highest BCUT2D eigenvalue weighted by molar-refractivity contribution is 6.26. The van der Waals surface area contributed by atoms with Gasteiger partial charge >= 0.3 is 0 Å². The number of hydrogen-bond acceptors (Lipinski definition) is 2. The average Bonchev–Trinajstić information content (AvgIpc) is 3.90. The summed E-state index contributed by atoms with van der Waals surface area (Å²) in [4.78, 5) is 2.47. The summed E-state index contributed by atoms with van der Waals surface area (Å²) in [7, 11) is 0. The maximum Gasteiger partial charge on any atom is 0.143 e. The number of hydrogen-bond donors (Lipinski definition) is 0. The second-order valence-corrected chi connectivity index (χ2v) is 14.7. The summed E-state index contributed by atoms with van der Waals surface area (Å²) in [6, 6.07) is 73.0. The number of furan rings is 1. The first-order valence-corrected chi connectivity index (χ1v) is 19.0. The van der Waals surface area contributed by atoms with E-state index in [9.17, 15) is 0 Å². The van der Waals surface area contributed by atoms with Gasteiger partial charge in [0.1, 0.15) is 11.2 Å². The van der Waals surface area contributed by atoms with Crippen LogP contribution in [-0.2, 0) is 5.41 Å². The van der Waals surface area contributed by atoms with Gasteiger partial charge in [-0.2, -0.15) is 0 Å². The minimum absolute atomic E-state index is 0.438. The van der Waals surface area contributed by atoms with Crippen LogP contribution in [0.25, 0.3) is 66.1 Å². The molecule has 2 nitrogen and oxygen atoms in total. The molecule has 12 rings (SSSR count). The van der Waals surface area contributed by atoms with Crippen LogP contribution in [0.4, 0.5) is 17.1 Å². The molecule has 0 bridgehead atoms. The Hall–Kier alpha value is -7.16. The van der Waals surface area contributed by atoms with Crippen molar-refractivity contribution in [1.29, 1.82) is 0 Å². The third-order valence-electron chi connectivity index (χ3n) is 12.0. The first-order chi connectivity index (χ1) is 27.3. The topological polar surface area (TPSA) is 16.4 Å². The van der Waals surface area contributed by atoms with Crippen LogP contribution in [0.5, 0.6) is 0 Å². The van der Waals surface area contributed by atoms with Gasteiger partial charge in [0.05, 0.1) is 22.2 Å². The van der Waals surface area contributed by atoms with Gasteiger partial charge in [-0.15, -0.1) is 0 Å². The van der Waals surface area contributed by atoms with Crippen molar-refractivity contribution in [2.75, 3.05) is 4.90 Å². The van der Waals surface area contributed by atoms with Crippen molar-refractivity contribution < 1.29 is 4.42 Å². The Kier molecular flexibility index (Phi) is 6.29. The van der Waals surface area contributed by atoms with Crippen LogP contribution in [0, 0.1) is 0 Å². The van der Waals surface area contributed by atoms with Crippen LogP contribution in [0.3, 0.4) is 0 Å². The zero-order valence-corrected chi connectivity index (χ0v) is 29.9. The van der Waals surface area contributed by atoms with Crippen molar-refractivity contribution in [2.24, 2.45) is 0 Å². The van der Waals surface area contributed by atoms with Gasteiger partial charge in [0.15, 0.2) is 0 Å². The highest BCUT2D eigenvalue weighted by atomic mass is 16.3. The monoisotopic (exact) mass is 699 g/mol. The Morgan fingerprint density at radius 2 is 0.964 bits per heavy atom. The summed E-state index contributed by atoms with van der Waals surface area (Å²) in [6.45, 7) is 0. The smallest absolute Gasteiger partial charge is 0.143 e. The summed E-state index contributed by atoms with van der Waals surface area (Å²) in [5.41, 5.74) is 17.3. The van der Waals surface area contributed by atoms with E-state index >= 15 is 0 Å². The molecule has 0 saturated heterocycles. The van der Waals surface area contributed by atoms with Crippen LogP contribution in [0.1, 0.15) is 22.3 Å². The normalized spacial score (nSPS) is 13.2. The molecule has 55 heavy (non-hydrogen) atoms. The molecule has 1 aromatic heterocycles. The Morgan fingerprint density at radius 3 is 1.71 bits per heavy atom. The number of benzene rings is 9. The van der Waals surface area contributed by atoms with Crippen LogP contribution in [0.2, 0.25) is 0 Å². The molecule has 0 N–H and O–H groups in total. The summed E-state index contributed by atoms with van der Waals surface area (Å²) in [5, 5.41) is 4.60. The lowest BCUT2D eigenvalue weighted by atomic mass is 9.70. The van der Waals surface area contributed by atoms with E-state index in [4.69, 9.17) is 4.42 Å². The first kappa shape index (κ1) is 30.3. The van der Waals surface area contributed by atoms with Crippen LogP contribution < -0.4 is 4.90 Å². The molecule has 0 saturated carbocycles. The van der Waals surface area contributed by atoms with Crippen molar-refractivity contribution >= 4 is 49.8 Å². The van der Waals surface area contributed by atoms with Gasteiger partial charge in [0.2, 0.25) is 0 Å². The highest BCUT2D eigenvalue weighted by Crippen LogP contribution is 2.65. The average molecular weight is 700 g/mol. The van der Waals surface area contributed by atoms with Crippen molar-refractivity contribution in [2.45, 2.75) is 5.41 Å². The molecule has 2 heteroatoms. The predicted octanol–water partition coefficient (Wildman–Crippen LogP) is 14.2. The standard InChI is InChI=1S/C53H33NO/c1-3-17-34(18-4-1)41-33-35-19-7-8-22-37(35)50-51-47(31-16-32-48(51)55-52(41)50)54(36-20-5-2-6-21-36)46-30-15-29-45-49(46)40-25-11-14-28-44(40)53(45)42-26-12-9-23-38(42)39-24-10-13-27-43(39)53/h1-33H. The van der Waals surface area contributed by atoms with Crippen molar-refractivity contribution in [3.63, 3.8) is 0 Å².